The van der Waals surface area contributed by atoms with E-state index in [4.69, 9.17) is 23.1 Å². The largest absolute Gasteiger partial charge is 0.383 e. The number of rotatable bonds is 2. The molecule has 1 amide bonds. The summed E-state index contributed by atoms with van der Waals surface area (Å²) in [6.45, 7) is 1.88. The van der Waals surface area contributed by atoms with Gasteiger partial charge in [-0.3, -0.25) is 4.79 Å². The second kappa shape index (κ2) is 4.66. The van der Waals surface area contributed by atoms with Gasteiger partial charge >= 0.3 is 0 Å². The van der Waals surface area contributed by atoms with Crippen LogP contribution < -0.4 is 11.5 Å². The van der Waals surface area contributed by atoms with Crippen molar-refractivity contribution in [2.24, 2.45) is 5.73 Å². The summed E-state index contributed by atoms with van der Waals surface area (Å²) in [6.07, 6.45) is 1.66. The third-order valence-corrected chi connectivity index (χ3v) is 3.00. The number of nitrogen functional groups attached to an aromatic ring is 1. The number of nitrogens with zero attached hydrogens (tertiary/aromatic N) is 1. The number of nitrogens with two attached hydrogens (primary N) is 2. The number of carbonyl (C=O) groups is 1. The average Bonchev–Trinajstić information content (AvgIpc) is 2.32. The molecule has 0 unspecified atom stereocenters. The van der Waals surface area contributed by atoms with Gasteiger partial charge in [-0.2, -0.15) is 0 Å². The van der Waals surface area contributed by atoms with Gasteiger partial charge in [-0.15, -0.1) is 0 Å². The Morgan fingerprint density at radius 2 is 2.00 bits per heavy atom. The van der Waals surface area contributed by atoms with E-state index in [1.807, 2.05) is 13.0 Å². The van der Waals surface area contributed by atoms with Gasteiger partial charge in [0.1, 0.15) is 5.82 Å². The number of anilines is 1. The SMILES string of the molecule is Cc1cc(-c2ccc(C(N)=O)c(Cl)c2)cnc1N. The van der Waals surface area contributed by atoms with Crippen molar-refractivity contribution in [3.05, 3.63) is 46.6 Å². The van der Waals surface area contributed by atoms with Gasteiger partial charge in [-0.25, -0.2) is 4.98 Å². The van der Waals surface area contributed by atoms with Gasteiger partial charge in [0.05, 0.1) is 10.6 Å². The first kappa shape index (κ1) is 12.4. The predicted molar refractivity (Wildman–Crippen MR) is 72.4 cm³/mol. The van der Waals surface area contributed by atoms with Gasteiger partial charge in [-0.05, 0) is 36.2 Å². The Labute approximate surface area is 110 Å². The maximum atomic E-state index is 11.1. The summed E-state index contributed by atoms with van der Waals surface area (Å²) in [4.78, 5) is 15.2. The molecule has 4 N–H and O–H groups in total. The predicted octanol–water partition coefficient (Wildman–Crippen LogP) is 2.39. The molecule has 0 radical (unpaired) electrons. The van der Waals surface area contributed by atoms with Crippen LogP contribution in [0.15, 0.2) is 30.5 Å². The molecule has 5 heteroatoms. The zero-order chi connectivity index (χ0) is 13.3. The fourth-order valence-corrected chi connectivity index (χ4v) is 1.91. The molecular formula is C13H12ClN3O. The number of pyridine rings is 1. The lowest BCUT2D eigenvalue weighted by molar-refractivity contribution is 0.100. The highest BCUT2D eigenvalue weighted by molar-refractivity contribution is 6.34. The van der Waals surface area contributed by atoms with Gasteiger partial charge in [0, 0.05) is 11.8 Å². The molecule has 92 valence electrons. The fourth-order valence-electron chi connectivity index (χ4n) is 1.64. The average molecular weight is 262 g/mol. The molecule has 0 aliphatic carbocycles. The smallest absolute Gasteiger partial charge is 0.250 e. The number of carbonyl (C=O) groups excluding carboxylic acids is 1. The van der Waals surface area contributed by atoms with Crippen molar-refractivity contribution in [2.45, 2.75) is 6.92 Å². The third kappa shape index (κ3) is 2.28. The van der Waals surface area contributed by atoms with Gasteiger partial charge in [0.25, 0.3) is 0 Å². The molecular weight excluding hydrogens is 250 g/mol. The minimum absolute atomic E-state index is 0.306. The number of aromatic nitrogens is 1. The molecule has 0 atom stereocenters. The molecule has 1 aromatic heterocycles. The summed E-state index contributed by atoms with van der Waals surface area (Å²) < 4.78 is 0. The Hall–Kier alpha value is -2.07. The van der Waals surface area contributed by atoms with Crippen LogP contribution in [-0.2, 0) is 0 Å². The van der Waals surface area contributed by atoms with Crippen LogP contribution >= 0.6 is 11.6 Å². The van der Waals surface area contributed by atoms with Crippen LogP contribution in [0.5, 0.6) is 0 Å². The summed E-state index contributed by atoms with van der Waals surface area (Å²) in [6, 6.07) is 6.98. The lowest BCUT2D eigenvalue weighted by Gasteiger charge is -2.06. The Morgan fingerprint density at radius 3 is 2.56 bits per heavy atom. The first-order valence-electron chi connectivity index (χ1n) is 5.31. The molecule has 2 aromatic rings. The van der Waals surface area contributed by atoms with Gasteiger partial charge in [-0.1, -0.05) is 17.7 Å². The molecule has 0 saturated carbocycles. The summed E-state index contributed by atoms with van der Waals surface area (Å²) in [7, 11) is 0. The summed E-state index contributed by atoms with van der Waals surface area (Å²) in [5.74, 6) is -0.0447. The van der Waals surface area contributed by atoms with Crippen molar-refractivity contribution in [2.75, 3.05) is 5.73 Å². The van der Waals surface area contributed by atoms with Crippen LogP contribution in [0.4, 0.5) is 5.82 Å². The standard InChI is InChI=1S/C13H12ClN3O/c1-7-4-9(6-17-12(7)15)8-2-3-10(13(16)18)11(14)5-8/h2-6H,1H3,(H2,15,17)(H2,16,18). The number of aryl methyl sites for hydroxylation is 1. The molecule has 0 bridgehead atoms. The molecule has 0 spiro atoms. The Morgan fingerprint density at radius 1 is 1.28 bits per heavy atom. The molecule has 2 rings (SSSR count). The van der Waals surface area contributed by atoms with Crippen molar-refractivity contribution in [3.63, 3.8) is 0 Å². The molecule has 0 fully saturated rings. The summed E-state index contributed by atoms with van der Waals surface area (Å²) >= 11 is 6.00. The van der Waals surface area contributed by atoms with E-state index in [-0.39, 0.29) is 0 Å². The normalized spacial score (nSPS) is 10.3. The Kier molecular flexibility index (Phi) is 3.21. The van der Waals surface area contributed by atoms with Crippen molar-refractivity contribution >= 4 is 23.3 Å². The highest BCUT2D eigenvalue weighted by Crippen LogP contribution is 2.26. The highest BCUT2D eigenvalue weighted by Gasteiger charge is 2.08. The highest BCUT2D eigenvalue weighted by atomic mass is 35.5. The molecule has 4 nitrogen and oxygen atoms in total. The summed E-state index contributed by atoms with van der Waals surface area (Å²) in [5.41, 5.74) is 13.8. The molecule has 1 heterocycles. The second-order valence-electron chi connectivity index (χ2n) is 3.99. The van der Waals surface area contributed by atoms with E-state index in [2.05, 4.69) is 4.98 Å². The number of halogens is 1. The molecule has 18 heavy (non-hydrogen) atoms. The van der Waals surface area contributed by atoms with Crippen LogP contribution in [0.1, 0.15) is 15.9 Å². The van der Waals surface area contributed by atoms with E-state index < -0.39 is 5.91 Å². The molecule has 0 saturated heterocycles. The maximum absolute atomic E-state index is 11.1. The number of primary amides is 1. The van der Waals surface area contributed by atoms with E-state index >= 15 is 0 Å². The van der Waals surface area contributed by atoms with Gasteiger partial charge in [0.2, 0.25) is 5.91 Å². The first-order valence-corrected chi connectivity index (χ1v) is 5.68. The van der Waals surface area contributed by atoms with Crippen molar-refractivity contribution in [3.8, 4) is 11.1 Å². The number of amides is 1. The topological polar surface area (TPSA) is 82.0 Å². The van der Waals surface area contributed by atoms with E-state index in [0.29, 0.717) is 16.4 Å². The van der Waals surface area contributed by atoms with Crippen molar-refractivity contribution in [1.82, 2.24) is 4.98 Å². The van der Waals surface area contributed by atoms with Crippen molar-refractivity contribution < 1.29 is 4.79 Å². The molecule has 0 aliphatic heterocycles. The van der Waals surface area contributed by atoms with Crippen LogP contribution in [-0.4, -0.2) is 10.9 Å². The van der Waals surface area contributed by atoms with E-state index in [0.717, 1.165) is 16.7 Å². The van der Waals surface area contributed by atoms with Crippen molar-refractivity contribution in [1.29, 1.82) is 0 Å². The van der Waals surface area contributed by atoms with Gasteiger partial charge < -0.3 is 11.5 Å². The van der Waals surface area contributed by atoms with Crippen LogP contribution in [0.25, 0.3) is 11.1 Å². The van der Waals surface area contributed by atoms with E-state index in [1.165, 1.54) is 0 Å². The lowest BCUT2D eigenvalue weighted by atomic mass is 10.0. The third-order valence-electron chi connectivity index (χ3n) is 2.69. The van der Waals surface area contributed by atoms with Crippen LogP contribution in [0, 0.1) is 6.92 Å². The van der Waals surface area contributed by atoms with E-state index in [1.54, 1.807) is 24.4 Å². The maximum Gasteiger partial charge on any atom is 0.250 e. The fraction of sp³-hybridized carbons (Fsp3) is 0.0769. The molecule has 0 aliphatic rings. The zero-order valence-electron chi connectivity index (χ0n) is 9.77. The number of hydrogen-bond acceptors (Lipinski definition) is 3. The number of benzene rings is 1. The second-order valence-corrected chi connectivity index (χ2v) is 4.39. The minimum atomic E-state index is -0.543. The molecule has 1 aromatic carbocycles. The monoisotopic (exact) mass is 261 g/mol. The lowest BCUT2D eigenvalue weighted by Crippen LogP contribution is -2.11. The van der Waals surface area contributed by atoms with Gasteiger partial charge in [0.15, 0.2) is 0 Å². The van der Waals surface area contributed by atoms with Crippen LogP contribution in [0.3, 0.4) is 0 Å². The van der Waals surface area contributed by atoms with Crippen LogP contribution in [0.2, 0.25) is 5.02 Å². The number of hydrogen-bond donors (Lipinski definition) is 2. The first-order chi connectivity index (χ1) is 8.49. The Balaban J connectivity index is 2.48. The summed E-state index contributed by atoms with van der Waals surface area (Å²) in [5, 5.41) is 0.328. The minimum Gasteiger partial charge on any atom is -0.383 e. The van der Waals surface area contributed by atoms with E-state index in [9.17, 15) is 4.79 Å². The Bertz CT molecular complexity index is 626. The quantitative estimate of drug-likeness (QED) is 0.871. The zero-order valence-corrected chi connectivity index (χ0v) is 10.5.